The molecule has 3 heteroatoms. The molecule has 1 heterocycles. The molecule has 106 valence electrons. The van der Waals surface area contributed by atoms with Crippen LogP contribution in [0.3, 0.4) is 0 Å². The molecule has 0 unspecified atom stereocenters. The molecule has 0 aliphatic rings. The van der Waals surface area contributed by atoms with E-state index in [1.54, 1.807) is 18.3 Å². The normalized spacial score (nSPS) is 11.0. The van der Waals surface area contributed by atoms with Crippen molar-refractivity contribution in [3.63, 3.8) is 0 Å². The first kappa shape index (κ1) is 13.6. The molecule has 2 N–H and O–H groups in total. The van der Waals surface area contributed by atoms with Crippen LogP contribution in [0.4, 0.5) is 10.1 Å². The van der Waals surface area contributed by atoms with Crippen LogP contribution in [0.25, 0.3) is 10.9 Å². The Morgan fingerprint density at radius 3 is 2.52 bits per heavy atom. The molecule has 3 rings (SSSR count). The number of pyridine rings is 1. The van der Waals surface area contributed by atoms with Crippen molar-refractivity contribution in [2.45, 2.75) is 20.3 Å². The van der Waals surface area contributed by atoms with Crippen molar-refractivity contribution in [1.29, 1.82) is 0 Å². The van der Waals surface area contributed by atoms with Gasteiger partial charge in [-0.15, -0.1) is 0 Å². The molecule has 21 heavy (non-hydrogen) atoms. The van der Waals surface area contributed by atoms with E-state index in [-0.39, 0.29) is 5.82 Å². The first-order chi connectivity index (χ1) is 10.0. The summed E-state index contributed by atoms with van der Waals surface area (Å²) in [7, 11) is 0. The van der Waals surface area contributed by atoms with E-state index in [9.17, 15) is 4.39 Å². The van der Waals surface area contributed by atoms with Crippen LogP contribution >= 0.6 is 0 Å². The number of nitrogens with two attached hydrogens (primary N) is 1. The van der Waals surface area contributed by atoms with Crippen LogP contribution in [0.1, 0.15) is 22.3 Å². The van der Waals surface area contributed by atoms with Gasteiger partial charge in [-0.2, -0.15) is 0 Å². The number of aryl methyl sites for hydroxylation is 2. The van der Waals surface area contributed by atoms with Crippen molar-refractivity contribution in [2.24, 2.45) is 0 Å². The third kappa shape index (κ3) is 2.59. The molecular weight excluding hydrogens is 263 g/mol. The molecule has 0 amide bonds. The highest BCUT2D eigenvalue weighted by atomic mass is 19.1. The molecule has 0 fully saturated rings. The van der Waals surface area contributed by atoms with E-state index in [2.05, 4.69) is 31.0 Å². The fourth-order valence-corrected chi connectivity index (χ4v) is 2.53. The fraction of sp³-hybridized carbons (Fsp3) is 0.167. The fourth-order valence-electron chi connectivity index (χ4n) is 2.53. The van der Waals surface area contributed by atoms with Crippen molar-refractivity contribution in [2.75, 3.05) is 5.73 Å². The van der Waals surface area contributed by atoms with E-state index in [0.29, 0.717) is 17.7 Å². The average Bonchev–Trinajstić information content (AvgIpc) is 2.44. The van der Waals surface area contributed by atoms with Crippen molar-refractivity contribution < 1.29 is 4.39 Å². The van der Waals surface area contributed by atoms with Gasteiger partial charge in [0.15, 0.2) is 0 Å². The van der Waals surface area contributed by atoms with Crippen molar-refractivity contribution in [3.05, 3.63) is 70.7 Å². The Morgan fingerprint density at radius 2 is 1.76 bits per heavy atom. The number of rotatable bonds is 2. The van der Waals surface area contributed by atoms with Crippen LogP contribution in [0, 0.1) is 19.7 Å². The SMILES string of the molecule is Cc1cc2nccc(Cc3ccc(N)cc3F)c2cc1C. The van der Waals surface area contributed by atoms with Gasteiger partial charge in [0.25, 0.3) is 0 Å². The molecular formula is C18H17FN2. The highest BCUT2D eigenvalue weighted by Crippen LogP contribution is 2.24. The Hall–Kier alpha value is -2.42. The Kier molecular flexibility index (Phi) is 3.34. The number of anilines is 1. The summed E-state index contributed by atoms with van der Waals surface area (Å²) in [6, 6.07) is 11.0. The van der Waals surface area contributed by atoms with E-state index in [0.717, 1.165) is 16.5 Å². The Balaban J connectivity index is 2.10. The van der Waals surface area contributed by atoms with Crippen LogP contribution in [0.2, 0.25) is 0 Å². The van der Waals surface area contributed by atoms with E-state index < -0.39 is 0 Å². The predicted molar refractivity (Wildman–Crippen MR) is 84.8 cm³/mol. The highest BCUT2D eigenvalue weighted by molar-refractivity contribution is 5.84. The molecule has 0 atom stereocenters. The lowest BCUT2D eigenvalue weighted by Gasteiger charge is -2.10. The maximum Gasteiger partial charge on any atom is 0.128 e. The van der Waals surface area contributed by atoms with Crippen LogP contribution in [0.5, 0.6) is 0 Å². The monoisotopic (exact) mass is 280 g/mol. The van der Waals surface area contributed by atoms with Crippen LogP contribution in [-0.2, 0) is 6.42 Å². The number of fused-ring (bicyclic) bond motifs is 1. The second kappa shape index (κ2) is 5.17. The van der Waals surface area contributed by atoms with Crippen LogP contribution in [0.15, 0.2) is 42.6 Å². The summed E-state index contributed by atoms with van der Waals surface area (Å²) < 4.78 is 14.0. The van der Waals surface area contributed by atoms with Gasteiger partial charge in [0, 0.05) is 23.7 Å². The molecule has 0 aliphatic heterocycles. The molecule has 2 aromatic carbocycles. The molecule has 0 saturated heterocycles. The van der Waals surface area contributed by atoms with Gasteiger partial charge in [0.05, 0.1) is 5.52 Å². The zero-order chi connectivity index (χ0) is 15.0. The van der Waals surface area contributed by atoms with E-state index in [1.165, 1.54) is 17.2 Å². The van der Waals surface area contributed by atoms with Gasteiger partial charge in [-0.05, 0) is 66.4 Å². The molecule has 3 aromatic rings. The smallest absolute Gasteiger partial charge is 0.128 e. The van der Waals surface area contributed by atoms with Gasteiger partial charge >= 0.3 is 0 Å². The number of aromatic nitrogens is 1. The van der Waals surface area contributed by atoms with Gasteiger partial charge in [-0.3, -0.25) is 4.98 Å². The summed E-state index contributed by atoms with van der Waals surface area (Å²) in [5, 5.41) is 1.08. The topological polar surface area (TPSA) is 38.9 Å². The zero-order valence-corrected chi connectivity index (χ0v) is 12.2. The second-order valence-corrected chi connectivity index (χ2v) is 5.45. The lowest BCUT2D eigenvalue weighted by Crippen LogP contribution is -1.97. The third-order valence-electron chi connectivity index (χ3n) is 3.91. The Labute approximate surface area is 123 Å². The number of hydrogen-bond donors (Lipinski definition) is 1. The molecule has 2 nitrogen and oxygen atoms in total. The maximum absolute atomic E-state index is 14.0. The second-order valence-electron chi connectivity index (χ2n) is 5.45. The molecule has 0 aliphatic carbocycles. The standard InChI is InChI=1S/C18H17FN2/c1-11-7-16-13(5-6-21-18(16)8-12(11)2)9-14-3-4-15(20)10-17(14)19/h3-8,10H,9,20H2,1-2H3. The van der Waals surface area contributed by atoms with E-state index in [1.807, 2.05) is 6.07 Å². The zero-order valence-electron chi connectivity index (χ0n) is 12.2. The number of halogens is 1. The van der Waals surface area contributed by atoms with Gasteiger partial charge in [0.2, 0.25) is 0 Å². The Bertz CT molecular complexity index is 825. The van der Waals surface area contributed by atoms with Crippen molar-refractivity contribution >= 4 is 16.6 Å². The van der Waals surface area contributed by atoms with Gasteiger partial charge in [-0.25, -0.2) is 4.39 Å². The molecule has 0 bridgehead atoms. The largest absolute Gasteiger partial charge is 0.399 e. The molecule has 1 aromatic heterocycles. The lowest BCUT2D eigenvalue weighted by atomic mass is 9.98. The van der Waals surface area contributed by atoms with E-state index in [4.69, 9.17) is 5.73 Å². The quantitative estimate of drug-likeness (QED) is 0.716. The summed E-state index contributed by atoms with van der Waals surface area (Å²) in [6.07, 6.45) is 2.31. The minimum Gasteiger partial charge on any atom is -0.399 e. The summed E-state index contributed by atoms with van der Waals surface area (Å²) in [6.45, 7) is 4.15. The first-order valence-electron chi connectivity index (χ1n) is 6.93. The highest BCUT2D eigenvalue weighted by Gasteiger charge is 2.08. The molecule has 0 radical (unpaired) electrons. The van der Waals surface area contributed by atoms with Crippen molar-refractivity contribution in [1.82, 2.24) is 4.98 Å². The third-order valence-corrected chi connectivity index (χ3v) is 3.91. The average molecular weight is 280 g/mol. The minimum absolute atomic E-state index is 0.260. The van der Waals surface area contributed by atoms with Gasteiger partial charge in [-0.1, -0.05) is 6.07 Å². The number of nitrogen functional groups attached to an aromatic ring is 1. The molecule has 0 saturated carbocycles. The van der Waals surface area contributed by atoms with Crippen LogP contribution < -0.4 is 5.73 Å². The summed E-state index contributed by atoms with van der Waals surface area (Å²) in [5.41, 5.74) is 11.1. The Morgan fingerprint density at radius 1 is 1.00 bits per heavy atom. The summed E-state index contributed by atoms with van der Waals surface area (Å²) >= 11 is 0. The first-order valence-corrected chi connectivity index (χ1v) is 6.93. The predicted octanol–water partition coefficient (Wildman–Crippen LogP) is 4.16. The number of nitrogens with zero attached hydrogens (tertiary/aromatic N) is 1. The molecule has 0 spiro atoms. The summed E-state index contributed by atoms with van der Waals surface area (Å²) in [4.78, 5) is 4.41. The lowest BCUT2D eigenvalue weighted by molar-refractivity contribution is 0.615. The van der Waals surface area contributed by atoms with Crippen molar-refractivity contribution in [3.8, 4) is 0 Å². The van der Waals surface area contributed by atoms with Crippen LogP contribution in [-0.4, -0.2) is 4.98 Å². The number of hydrogen-bond acceptors (Lipinski definition) is 2. The van der Waals surface area contributed by atoms with Gasteiger partial charge in [0.1, 0.15) is 5.82 Å². The number of benzene rings is 2. The maximum atomic E-state index is 14.0. The minimum atomic E-state index is -0.260. The summed E-state index contributed by atoms with van der Waals surface area (Å²) in [5.74, 6) is -0.260. The van der Waals surface area contributed by atoms with Gasteiger partial charge < -0.3 is 5.73 Å². The van der Waals surface area contributed by atoms with E-state index >= 15 is 0 Å².